The van der Waals surface area contributed by atoms with Crippen molar-refractivity contribution in [3.05, 3.63) is 34.9 Å². The van der Waals surface area contributed by atoms with Gasteiger partial charge in [0, 0.05) is 10.6 Å². The third-order valence-electron chi connectivity index (χ3n) is 2.45. The average molecular weight is 253 g/mol. The summed E-state index contributed by atoms with van der Waals surface area (Å²) < 4.78 is 5.19. The maximum atomic E-state index is 11.7. The molecule has 1 aliphatic heterocycles. The molecule has 4 nitrogen and oxygen atoms in total. The molecule has 1 aromatic carbocycles. The second-order valence-corrected chi connectivity index (χ2v) is 4.12. The molecule has 0 N–H and O–H groups in total. The standard InChI is InChI=1S/C12H13ClN2O2/c13-11-3-1-10(2-4-11)12(16)9-14-15-5-7-17-8-6-15/h1-4,9H,5-8H2/b14-9+. The number of nitrogens with zero attached hydrogens (tertiary/aromatic N) is 2. The van der Waals surface area contributed by atoms with E-state index in [0.29, 0.717) is 23.8 Å². The van der Waals surface area contributed by atoms with Gasteiger partial charge in [0.25, 0.3) is 0 Å². The highest BCUT2D eigenvalue weighted by molar-refractivity contribution is 6.35. The van der Waals surface area contributed by atoms with Crippen LogP contribution in [0.2, 0.25) is 5.02 Å². The number of rotatable bonds is 3. The van der Waals surface area contributed by atoms with Crippen LogP contribution in [0.5, 0.6) is 0 Å². The summed E-state index contributed by atoms with van der Waals surface area (Å²) >= 11 is 5.75. The Balaban J connectivity index is 1.96. The highest BCUT2D eigenvalue weighted by Crippen LogP contribution is 2.09. The van der Waals surface area contributed by atoms with Gasteiger partial charge in [0.15, 0.2) is 0 Å². The number of benzene rings is 1. The summed E-state index contributed by atoms with van der Waals surface area (Å²) in [5.41, 5.74) is 0.589. The molecule has 0 radical (unpaired) electrons. The molecular formula is C12H13ClN2O2. The van der Waals surface area contributed by atoms with Crippen LogP contribution in [0.15, 0.2) is 29.4 Å². The molecule has 2 rings (SSSR count). The van der Waals surface area contributed by atoms with Crippen LogP contribution in [0.4, 0.5) is 0 Å². The van der Waals surface area contributed by atoms with Gasteiger partial charge in [-0.3, -0.25) is 9.80 Å². The van der Waals surface area contributed by atoms with Gasteiger partial charge in [-0.05, 0) is 24.3 Å². The summed E-state index contributed by atoms with van der Waals surface area (Å²) in [6.07, 6.45) is 1.34. The van der Waals surface area contributed by atoms with Gasteiger partial charge in [-0.2, -0.15) is 5.10 Å². The van der Waals surface area contributed by atoms with Crippen LogP contribution >= 0.6 is 11.6 Å². The SMILES string of the molecule is O=C(/C=N/N1CCOCC1)c1ccc(Cl)cc1. The van der Waals surface area contributed by atoms with Crippen molar-refractivity contribution in [1.82, 2.24) is 5.01 Å². The summed E-state index contributed by atoms with van der Waals surface area (Å²) in [5, 5.41) is 6.58. The number of carbonyl (C=O) groups excluding carboxylic acids is 1. The predicted molar refractivity (Wildman–Crippen MR) is 66.7 cm³/mol. The Kier molecular flexibility index (Phi) is 4.12. The van der Waals surface area contributed by atoms with Crippen molar-refractivity contribution in [1.29, 1.82) is 0 Å². The fourth-order valence-corrected chi connectivity index (χ4v) is 1.62. The van der Waals surface area contributed by atoms with Gasteiger partial charge in [-0.1, -0.05) is 11.6 Å². The third kappa shape index (κ3) is 3.54. The van der Waals surface area contributed by atoms with E-state index in [1.54, 1.807) is 24.3 Å². The normalized spacial score (nSPS) is 16.4. The fraction of sp³-hybridized carbons (Fsp3) is 0.333. The van der Waals surface area contributed by atoms with Gasteiger partial charge in [0.1, 0.15) is 0 Å². The zero-order valence-corrected chi connectivity index (χ0v) is 10.1. The Morgan fingerprint density at radius 2 is 1.94 bits per heavy atom. The molecule has 0 saturated carbocycles. The van der Waals surface area contributed by atoms with E-state index in [0.717, 1.165) is 13.1 Å². The quantitative estimate of drug-likeness (QED) is 0.609. The van der Waals surface area contributed by atoms with Crippen LogP contribution in [-0.2, 0) is 4.74 Å². The highest BCUT2D eigenvalue weighted by Gasteiger charge is 2.08. The van der Waals surface area contributed by atoms with Crippen molar-refractivity contribution in [3.63, 3.8) is 0 Å². The summed E-state index contributed by atoms with van der Waals surface area (Å²) in [5.74, 6) is -0.117. The van der Waals surface area contributed by atoms with Gasteiger partial charge in [0.05, 0.1) is 32.5 Å². The zero-order chi connectivity index (χ0) is 12.1. The lowest BCUT2D eigenvalue weighted by molar-refractivity contribution is 0.0395. The second kappa shape index (κ2) is 5.80. The summed E-state index contributed by atoms with van der Waals surface area (Å²) in [7, 11) is 0. The second-order valence-electron chi connectivity index (χ2n) is 3.68. The van der Waals surface area contributed by atoms with Crippen molar-refractivity contribution < 1.29 is 9.53 Å². The van der Waals surface area contributed by atoms with Crippen molar-refractivity contribution in [2.45, 2.75) is 0 Å². The first-order valence-electron chi connectivity index (χ1n) is 5.42. The van der Waals surface area contributed by atoms with Crippen molar-refractivity contribution in [3.8, 4) is 0 Å². The average Bonchev–Trinajstić information content (AvgIpc) is 2.38. The van der Waals surface area contributed by atoms with Crippen molar-refractivity contribution in [2.75, 3.05) is 26.3 Å². The maximum absolute atomic E-state index is 11.7. The van der Waals surface area contributed by atoms with Gasteiger partial charge >= 0.3 is 0 Å². The minimum atomic E-state index is -0.117. The Morgan fingerprint density at radius 1 is 1.29 bits per heavy atom. The molecule has 90 valence electrons. The third-order valence-corrected chi connectivity index (χ3v) is 2.71. The van der Waals surface area contributed by atoms with E-state index < -0.39 is 0 Å². The number of hydrogen-bond donors (Lipinski definition) is 0. The Labute approximate surface area is 105 Å². The number of hydrazone groups is 1. The highest BCUT2D eigenvalue weighted by atomic mass is 35.5. The van der Waals surface area contributed by atoms with E-state index in [1.807, 2.05) is 5.01 Å². The molecule has 0 unspecified atom stereocenters. The number of ketones is 1. The Hall–Kier alpha value is -1.39. The molecule has 1 heterocycles. The number of hydrogen-bond acceptors (Lipinski definition) is 4. The first kappa shape index (κ1) is 12.1. The number of Topliss-reactive ketones (excluding diaryl/α,β-unsaturated/α-hetero) is 1. The van der Waals surface area contributed by atoms with Crippen LogP contribution in [0.25, 0.3) is 0 Å². The molecule has 17 heavy (non-hydrogen) atoms. The smallest absolute Gasteiger partial charge is 0.205 e. The van der Waals surface area contributed by atoms with E-state index >= 15 is 0 Å². The Bertz CT molecular complexity index is 411. The largest absolute Gasteiger partial charge is 0.378 e. The van der Waals surface area contributed by atoms with Crippen LogP contribution in [0.3, 0.4) is 0 Å². The molecule has 0 bridgehead atoms. The van der Waals surface area contributed by atoms with Gasteiger partial charge < -0.3 is 4.74 Å². The fourth-order valence-electron chi connectivity index (χ4n) is 1.49. The molecule has 0 amide bonds. The molecule has 5 heteroatoms. The zero-order valence-electron chi connectivity index (χ0n) is 9.30. The molecule has 0 aliphatic carbocycles. The summed E-state index contributed by atoms with van der Waals surface area (Å²) in [6, 6.07) is 6.76. The van der Waals surface area contributed by atoms with Crippen LogP contribution < -0.4 is 0 Å². The summed E-state index contributed by atoms with van der Waals surface area (Å²) in [4.78, 5) is 11.7. The molecule has 1 aromatic rings. The minimum Gasteiger partial charge on any atom is -0.378 e. The lowest BCUT2D eigenvalue weighted by atomic mass is 10.1. The molecule has 0 aromatic heterocycles. The number of carbonyl (C=O) groups is 1. The molecular weight excluding hydrogens is 240 g/mol. The van der Waals surface area contributed by atoms with Gasteiger partial charge in [-0.15, -0.1) is 0 Å². The number of morpholine rings is 1. The molecule has 1 fully saturated rings. The van der Waals surface area contributed by atoms with Gasteiger partial charge in [0.2, 0.25) is 5.78 Å². The first-order chi connectivity index (χ1) is 8.25. The summed E-state index contributed by atoms with van der Waals surface area (Å²) in [6.45, 7) is 2.77. The van der Waals surface area contributed by atoms with Crippen LogP contribution in [0.1, 0.15) is 10.4 Å². The molecule has 1 saturated heterocycles. The molecule has 1 aliphatic rings. The van der Waals surface area contributed by atoms with E-state index in [-0.39, 0.29) is 5.78 Å². The Morgan fingerprint density at radius 3 is 2.59 bits per heavy atom. The molecule has 0 atom stereocenters. The predicted octanol–water partition coefficient (Wildman–Crippen LogP) is 1.84. The maximum Gasteiger partial charge on any atom is 0.205 e. The van der Waals surface area contributed by atoms with Gasteiger partial charge in [-0.25, -0.2) is 0 Å². The topological polar surface area (TPSA) is 41.9 Å². The van der Waals surface area contributed by atoms with E-state index in [1.165, 1.54) is 6.21 Å². The van der Waals surface area contributed by atoms with Crippen molar-refractivity contribution >= 4 is 23.6 Å². The van der Waals surface area contributed by atoms with E-state index in [9.17, 15) is 4.79 Å². The minimum absolute atomic E-state index is 0.117. The molecule has 0 spiro atoms. The number of ether oxygens (including phenoxy) is 1. The van der Waals surface area contributed by atoms with E-state index in [2.05, 4.69) is 5.10 Å². The lowest BCUT2D eigenvalue weighted by Gasteiger charge is -2.23. The van der Waals surface area contributed by atoms with Crippen LogP contribution in [0, 0.1) is 0 Å². The van der Waals surface area contributed by atoms with E-state index in [4.69, 9.17) is 16.3 Å². The van der Waals surface area contributed by atoms with Crippen LogP contribution in [-0.4, -0.2) is 43.3 Å². The first-order valence-corrected chi connectivity index (χ1v) is 5.80. The number of halogens is 1. The lowest BCUT2D eigenvalue weighted by Crippen LogP contribution is -2.32. The monoisotopic (exact) mass is 252 g/mol. The van der Waals surface area contributed by atoms with Crippen molar-refractivity contribution in [2.24, 2.45) is 5.10 Å².